The Labute approximate surface area is 70.8 Å². The Balaban J connectivity index is 3.25. The van der Waals surface area contributed by atoms with Gasteiger partial charge >= 0.3 is 0 Å². The van der Waals surface area contributed by atoms with Crippen LogP contribution in [0.15, 0.2) is 0 Å². The molecule has 0 aliphatic carbocycles. The Morgan fingerprint density at radius 2 is 1.45 bits per heavy atom. The number of aliphatic hydroxyl groups excluding tert-OH is 1. The van der Waals surface area contributed by atoms with E-state index in [0.717, 1.165) is 0 Å². The van der Waals surface area contributed by atoms with E-state index >= 15 is 0 Å². The summed E-state index contributed by atoms with van der Waals surface area (Å²) in [5, 5.41) is 8.98. The van der Waals surface area contributed by atoms with Crippen LogP contribution in [-0.4, -0.2) is 11.7 Å². The van der Waals surface area contributed by atoms with Crippen molar-refractivity contribution in [2.24, 2.45) is 5.92 Å². The molecule has 0 aliphatic heterocycles. The maximum atomic E-state index is 8.98. The molecule has 1 heteroatoms. The van der Waals surface area contributed by atoms with Crippen LogP contribution in [-0.2, 0) is 0 Å². The molecule has 0 spiro atoms. The van der Waals surface area contributed by atoms with E-state index < -0.39 is 0 Å². The Morgan fingerprint density at radius 3 is 1.73 bits per heavy atom. The topological polar surface area (TPSA) is 20.2 Å². The molecular formula is C10H22O. The lowest BCUT2D eigenvalue weighted by Gasteiger charge is -2.11. The van der Waals surface area contributed by atoms with E-state index in [-0.39, 0.29) is 0 Å². The number of hydrogen-bond acceptors (Lipinski definition) is 1. The molecule has 0 amide bonds. The third-order valence-corrected chi connectivity index (χ3v) is 2.19. The van der Waals surface area contributed by atoms with Crippen molar-refractivity contribution >= 4 is 0 Å². The fourth-order valence-corrected chi connectivity index (χ4v) is 1.31. The van der Waals surface area contributed by atoms with Gasteiger partial charge in [0.25, 0.3) is 0 Å². The van der Waals surface area contributed by atoms with Crippen LogP contribution in [0.4, 0.5) is 0 Å². The molecule has 0 fully saturated rings. The lowest BCUT2D eigenvalue weighted by molar-refractivity contribution is 0.206. The van der Waals surface area contributed by atoms with Gasteiger partial charge in [-0.25, -0.2) is 0 Å². The van der Waals surface area contributed by atoms with Crippen molar-refractivity contribution in [3.05, 3.63) is 0 Å². The number of rotatable bonds is 7. The van der Waals surface area contributed by atoms with Crippen molar-refractivity contribution in [1.29, 1.82) is 0 Å². The molecule has 0 saturated carbocycles. The molecule has 0 atom stereocenters. The van der Waals surface area contributed by atoms with Gasteiger partial charge in [-0.15, -0.1) is 0 Å². The van der Waals surface area contributed by atoms with Gasteiger partial charge in [-0.3, -0.25) is 0 Å². The minimum atomic E-state index is 0.389. The zero-order chi connectivity index (χ0) is 8.53. The lowest BCUT2D eigenvalue weighted by Crippen LogP contribution is -2.05. The van der Waals surface area contributed by atoms with Crippen LogP contribution in [0.2, 0.25) is 0 Å². The highest BCUT2D eigenvalue weighted by atomic mass is 16.3. The summed E-state index contributed by atoms with van der Waals surface area (Å²) in [6, 6.07) is 0. The first kappa shape index (κ1) is 11.0. The molecule has 0 radical (unpaired) electrons. The van der Waals surface area contributed by atoms with Gasteiger partial charge in [0.1, 0.15) is 0 Å². The lowest BCUT2D eigenvalue weighted by atomic mass is 9.97. The Bertz CT molecular complexity index is 63.3. The normalized spacial score (nSPS) is 10.9. The van der Waals surface area contributed by atoms with Crippen molar-refractivity contribution in [2.75, 3.05) is 6.61 Å². The quantitative estimate of drug-likeness (QED) is 0.604. The summed E-state index contributed by atoms with van der Waals surface area (Å²) in [5.74, 6) is 0.579. The van der Waals surface area contributed by atoms with E-state index in [2.05, 4.69) is 13.8 Å². The SMILES string of the molecule is CCCCC(CO)CCCC. The smallest absolute Gasteiger partial charge is 0.0459 e. The second kappa shape index (κ2) is 8.06. The van der Waals surface area contributed by atoms with Gasteiger partial charge in [0.05, 0.1) is 0 Å². The van der Waals surface area contributed by atoms with E-state index in [1.54, 1.807) is 0 Å². The first-order valence-corrected chi connectivity index (χ1v) is 4.96. The second-order valence-electron chi connectivity index (χ2n) is 3.33. The highest BCUT2D eigenvalue weighted by Crippen LogP contribution is 2.14. The van der Waals surface area contributed by atoms with Crippen LogP contribution in [0.3, 0.4) is 0 Å². The average molecular weight is 158 g/mol. The molecule has 0 aromatic carbocycles. The first-order valence-electron chi connectivity index (χ1n) is 4.96. The van der Waals surface area contributed by atoms with Crippen LogP contribution in [0.1, 0.15) is 52.4 Å². The van der Waals surface area contributed by atoms with Gasteiger partial charge < -0.3 is 5.11 Å². The van der Waals surface area contributed by atoms with Crippen molar-refractivity contribution in [1.82, 2.24) is 0 Å². The molecule has 0 aliphatic rings. The summed E-state index contributed by atoms with van der Waals surface area (Å²) < 4.78 is 0. The standard InChI is InChI=1S/C10H22O/c1-3-5-7-10(9-11)8-6-4-2/h10-11H,3-9H2,1-2H3. The largest absolute Gasteiger partial charge is 0.396 e. The monoisotopic (exact) mass is 158 g/mol. The number of hydrogen-bond donors (Lipinski definition) is 1. The van der Waals surface area contributed by atoms with E-state index in [9.17, 15) is 0 Å². The molecule has 11 heavy (non-hydrogen) atoms. The van der Waals surface area contributed by atoms with Crippen LogP contribution >= 0.6 is 0 Å². The predicted octanol–water partition coefficient (Wildman–Crippen LogP) is 2.98. The van der Waals surface area contributed by atoms with Gasteiger partial charge in [-0.1, -0.05) is 39.5 Å². The molecule has 68 valence electrons. The van der Waals surface area contributed by atoms with Gasteiger partial charge in [0, 0.05) is 6.61 Å². The summed E-state index contributed by atoms with van der Waals surface area (Å²) >= 11 is 0. The minimum absolute atomic E-state index is 0.389. The number of unbranched alkanes of at least 4 members (excludes halogenated alkanes) is 2. The van der Waals surface area contributed by atoms with Crippen LogP contribution in [0, 0.1) is 5.92 Å². The van der Waals surface area contributed by atoms with Gasteiger partial charge in [-0.05, 0) is 18.8 Å². The molecule has 0 aromatic heterocycles. The van der Waals surface area contributed by atoms with Crippen molar-refractivity contribution in [3.8, 4) is 0 Å². The Kier molecular flexibility index (Phi) is 8.03. The molecule has 0 heterocycles. The van der Waals surface area contributed by atoms with E-state index in [4.69, 9.17) is 5.11 Å². The molecule has 1 nitrogen and oxygen atoms in total. The van der Waals surface area contributed by atoms with Crippen molar-refractivity contribution < 1.29 is 5.11 Å². The maximum Gasteiger partial charge on any atom is 0.0459 e. The highest BCUT2D eigenvalue weighted by molar-refractivity contribution is 4.57. The maximum absolute atomic E-state index is 8.98. The average Bonchev–Trinajstić information content (AvgIpc) is 2.05. The summed E-state index contributed by atoms with van der Waals surface area (Å²) in [7, 11) is 0. The van der Waals surface area contributed by atoms with Gasteiger partial charge in [0.15, 0.2) is 0 Å². The minimum Gasteiger partial charge on any atom is -0.396 e. The van der Waals surface area contributed by atoms with Gasteiger partial charge in [-0.2, -0.15) is 0 Å². The second-order valence-corrected chi connectivity index (χ2v) is 3.33. The van der Waals surface area contributed by atoms with Crippen LogP contribution in [0.25, 0.3) is 0 Å². The molecular weight excluding hydrogens is 136 g/mol. The van der Waals surface area contributed by atoms with Crippen molar-refractivity contribution in [2.45, 2.75) is 52.4 Å². The molecule has 0 rings (SSSR count). The molecule has 0 aromatic rings. The molecule has 0 unspecified atom stereocenters. The zero-order valence-corrected chi connectivity index (χ0v) is 7.97. The zero-order valence-electron chi connectivity index (χ0n) is 7.97. The molecule has 0 saturated heterocycles. The van der Waals surface area contributed by atoms with E-state index in [1.807, 2.05) is 0 Å². The fourth-order valence-electron chi connectivity index (χ4n) is 1.31. The third-order valence-electron chi connectivity index (χ3n) is 2.19. The molecule has 1 N–H and O–H groups in total. The fraction of sp³-hybridized carbons (Fsp3) is 1.00. The highest BCUT2D eigenvalue weighted by Gasteiger charge is 2.04. The number of aliphatic hydroxyl groups is 1. The summed E-state index contributed by atoms with van der Waals surface area (Å²) in [6.07, 6.45) is 7.48. The molecule has 0 bridgehead atoms. The van der Waals surface area contributed by atoms with E-state index in [0.29, 0.717) is 12.5 Å². The summed E-state index contributed by atoms with van der Waals surface area (Å²) in [6.45, 7) is 4.79. The first-order chi connectivity index (χ1) is 5.35. The Hall–Kier alpha value is -0.0400. The Morgan fingerprint density at radius 1 is 1.00 bits per heavy atom. The van der Waals surface area contributed by atoms with E-state index in [1.165, 1.54) is 38.5 Å². The summed E-state index contributed by atoms with van der Waals surface area (Å²) in [4.78, 5) is 0. The predicted molar refractivity (Wildman–Crippen MR) is 49.6 cm³/mol. The van der Waals surface area contributed by atoms with Crippen LogP contribution in [0.5, 0.6) is 0 Å². The van der Waals surface area contributed by atoms with Crippen molar-refractivity contribution in [3.63, 3.8) is 0 Å². The van der Waals surface area contributed by atoms with Crippen LogP contribution < -0.4 is 0 Å². The summed E-state index contributed by atoms with van der Waals surface area (Å²) in [5.41, 5.74) is 0. The third kappa shape index (κ3) is 6.36. The van der Waals surface area contributed by atoms with Gasteiger partial charge in [0.2, 0.25) is 0 Å².